The van der Waals surface area contributed by atoms with Crippen molar-refractivity contribution in [1.82, 2.24) is 0 Å². The number of fused-ring (bicyclic) bond motifs is 1. The summed E-state index contributed by atoms with van der Waals surface area (Å²) in [5.41, 5.74) is 2.48. The number of allylic oxidation sites excluding steroid dienone is 1. The molecule has 4 rings (SSSR count). The van der Waals surface area contributed by atoms with Crippen molar-refractivity contribution in [2.75, 3.05) is 0 Å². The minimum atomic E-state index is -0.359. The Morgan fingerprint density at radius 2 is 1.58 bits per heavy atom. The highest BCUT2D eigenvalue weighted by molar-refractivity contribution is 6.06. The molecule has 0 saturated heterocycles. The molecule has 0 atom stereocenters. The van der Waals surface area contributed by atoms with E-state index in [-0.39, 0.29) is 11.8 Å². The molecule has 0 unspecified atom stereocenters. The minimum absolute atomic E-state index is 0.111. The Bertz CT molecular complexity index is 1130. The molecule has 170 valence electrons. The van der Waals surface area contributed by atoms with Crippen LogP contribution in [0.25, 0.3) is 10.8 Å². The fourth-order valence-electron chi connectivity index (χ4n) is 4.89. The molecular weight excluding hydrogens is 408 g/mol. The second-order valence-corrected chi connectivity index (χ2v) is 9.16. The number of benzene rings is 3. The Kier molecular flexibility index (Phi) is 7.39. The van der Waals surface area contributed by atoms with E-state index in [4.69, 9.17) is 4.74 Å². The lowest BCUT2D eigenvalue weighted by atomic mass is 9.77. The average Bonchev–Trinajstić information content (AvgIpc) is 2.87. The molecular formula is C30H32O3. The van der Waals surface area contributed by atoms with Gasteiger partial charge in [-0.3, -0.25) is 4.79 Å². The fourth-order valence-corrected chi connectivity index (χ4v) is 4.89. The second-order valence-electron chi connectivity index (χ2n) is 9.16. The lowest BCUT2D eigenvalue weighted by Gasteiger charge is -2.28. The highest BCUT2D eigenvalue weighted by Gasteiger charge is 2.22. The molecule has 0 heterocycles. The smallest absolute Gasteiger partial charge is 0.343 e. The molecule has 3 nitrogen and oxygen atoms in total. The van der Waals surface area contributed by atoms with Gasteiger partial charge in [0.2, 0.25) is 0 Å². The van der Waals surface area contributed by atoms with Gasteiger partial charge in [0.05, 0.1) is 5.56 Å². The molecule has 0 radical (unpaired) electrons. The van der Waals surface area contributed by atoms with E-state index in [1.165, 1.54) is 56.6 Å². The van der Waals surface area contributed by atoms with Crippen LogP contribution >= 0.6 is 0 Å². The summed E-state index contributed by atoms with van der Waals surface area (Å²) in [6.07, 6.45) is 10.4. The Balaban J connectivity index is 1.38. The first kappa shape index (κ1) is 23.0. The summed E-state index contributed by atoms with van der Waals surface area (Å²) < 4.78 is 5.62. The van der Waals surface area contributed by atoms with E-state index in [1.54, 1.807) is 12.1 Å². The number of carbonyl (C=O) groups is 2. The van der Waals surface area contributed by atoms with Gasteiger partial charge in [-0.2, -0.15) is 0 Å². The van der Waals surface area contributed by atoms with Crippen LogP contribution in [0.3, 0.4) is 0 Å². The summed E-state index contributed by atoms with van der Waals surface area (Å²) in [7, 11) is 0. The van der Waals surface area contributed by atoms with Gasteiger partial charge in [0, 0.05) is 5.56 Å². The van der Waals surface area contributed by atoms with Crippen molar-refractivity contribution < 1.29 is 14.3 Å². The maximum Gasteiger partial charge on any atom is 0.343 e. The standard InChI is InChI=1S/C30H32O3/c1-3-5-6-21-7-9-22(10-8-21)23-11-13-24(14-12-23)30(32)33-28-18-17-25-19-27(29(31)4-2)16-15-26(25)20-28/h4,11-22H,2-3,5-10H2,1H3. The molecule has 1 aliphatic carbocycles. The summed E-state index contributed by atoms with van der Waals surface area (Å²) >= 11 is 0. The van der Waals surface area contributed by atoms with Crippen LogP contribution < -0.4 is 4.74 Å². The van der Waals surface area contributed by atoms with Crippen molar-refractivity contribution >= 4 is 22.5 Å². The molecule has 0 bridgehead atoms. The monoisotopic (exact) mass is 440 g/mol. The SMILES string of the molecule is C=CC(=O)c1ccc2cc(OC(=O)c3ccc(C4CCC(CCCC)CC4)cc3)ccc2c1. The minimum Gasteiger partial charge on any atom is -0.423 e. The summed E-state index contributed by atoms with van der Waals surface area (Å²) in [4.78, 5) is 24.5. The molecule has 0 spiro atoms. The Morgan fingerprint density at radius 3 is 2.27 bits per heavy atom. The lowest BCUT2D eigenvalue weighted by molar-refractivity contribution is 0.0734. The summed E-state index contributed by atoms with van der Waals surface area (Å²) in [6, 6.07) is 18.8. The molecule has 0 N–H and O–H groups in total. The van der Waals surface area contributed by atoms with Gasteiger partial charge in [0.15, 0.2) is 5.78 Å². The van der Waals surface area contributed by atoms with Crippen molar-refractivity contribution in [2.24, 2.45) is 5.92 Å². The van der Waals surface area contributed by atoms with Crippen LogP contribution in [0, 0.1) is 5.92 Å². The van der Waals surface area contributed by atoms with E-state index in [0.29, 0.717) is 22.8 Å². The first-order valence-corrected chi connectivity index (χ1v) is 12.1. The highest BCUT2D eigenvalue weighted by Crippen LogP contribution is 2.37. The number of hydrogen-bond acceptors (Lipinski definition) is 3. The highest BCUT2D eigenvalue weighted by atomic mass is 16.5. The second kappa shape index (κ2) is 10.6. The largest absolute Gasteiger partial charge is 0.423 e. The van der Waals surface area contributed by atoms with Gasteiger partial charge in [-0.25, -0.2) is 4.79 Å². The number of ether oxygens (including phenoxy) is 1. The maximum atomic E-state index is 12.7. The van der Waals surface area contributed by atoms with Crippen LogP contribution in [0.15, 0.2) is 73.3 Å². The first-order valence-electron chi connectivity index (χ1n) is 12.1. The number of esters is 1. The number of hydrogen-bond donors (Lipinski definition) is 0. The van der Waals surface area contributed by atoms with Gasteiger partial charge in [-0.05, 0) is 90.3 Å². The summed E-state index contributed by atoms with van der Waals surface area (Å²) in [5, 5.41) is 1.82. The van der Waals surface area contributed by atoms with Crippen LogP contribution in [0.5, 0.6) is 5.75 Å². The Labute approximate surface area is 196 Å². The molecule has 0 amide bonds. The van der Waals surface area contributed by atoms with Gasteiger partial charge in [0.1, 0.15) is 5.75 Å². The van der Waals surface area contributed by atoms with Gasteiger partial charge in [0.25, 0.3) is 0 Å². The molecule has 1 fully saturated rings. The zero-order valence-corrected chi connectivity index (χ0v) is 19.4. The predicted molar refractivity (Wildman–Crippen MR) is 134 cm³/mol. The Morgan fingerprint density at radius 1 is 0.909 bits per heavy atom. The van der Waals surface area contributed by atoms with E-state index >= 15 is 0 Å². The molecule has 1 saturated carbocycles. The summed E-state index contributed by atoms with van der Waals surface area (Å²) in [5.74, 6) is 1.52. The van der Waals surface area contributed by atoms with E-state index < -0.39 is 0 Å². The van der Waals surface area contributed by atoms with Crippen LogP contribution in [0.1, 0.15) is 84.1 Å². The van der Waals surface area contributed by atoms with Gasteiger partial charge in [-0.15, -0.1) is 0 Å². The molecule has 3 heteroatoms. The van der Waals surface area contributed by atoms with Crippen molar-refractivity contribution in [3.63, 3.8) is 0 Å². The number of unbranched alkanes of at least 4 members (excludes halogenated alkanes) is 1. The summed E-state index contributed by atoms with van der Waals surface area (Å²) in [6.45, 7) is 5.80. The molecule has 0 aromatic heterocycles. The third-order valence-corrected chi connectivity index (χ3v) is 6.92. The average molecular weight is 441 g/mol. The third kappa shape index (κ3) is 5.60. The van der Waals surface area contributed by atoms with E-state index in [1.807, 2.05) is 36.4 Å². The van der Waals surface area contributed by atoms with Crippen LogP contribution in [-0.4, -0.2) is 11.8 Å². The van der Waals surface area contributed by atoms with Crippen molar-refractivity contribution in [1.29, 1.82) is 0 Å². The molecule has 1 aliphatic rings. The Hall–Kier alpha value is -3.20. The molecule has 0 aliphatic heterocycles. The normalized spacial score (nSPS) is 18.1. The molecule has 33 heavy (non-hydrogen) atoms. The van der Waals surface area contributed by atoms with Crippen molar-refractivity contribution in [3.05, 3.63) is 90.0 Å². The molecule has 3 aromatic carbocycles. The number of rotatable bonds is 8. The lowest BCUT2D eigenvalue weighted by Crippen LogP contribution is -2.14. The topological polar surface area (TPSA) is 43.4 Å². The van der Waals surface area contributed by atoms with Gasteiger partial charge < -0.3 is 4.74 Å². The quantitative estimate of drug-likeness (QED) is 0.155. The zero-order chi connectivity index (χ0) is 23.2. The van der Waals surface area contributed by atoms with Crippen molar-refractivity contribution in [2.45, 2.75) is 57.8 Å². The van der Waals surface area contributed by atoms with E-state index in [9.17, 15) is 9.59 Å². The van der Waals surface area contributed by atoms with E-state index in [0.717, 1.165) is 16.7 Å². The van der Waals surface area contributed by atoms with Crippen LogP contribution in [-0.2, 0) is 0 Å². The third-order valence-electron chi connectivity index (χ3n) is 6.92. The van der Waals surface area contributed by atoms with Gasteiger partial charge >= 0.3 is 5.97 Å². The van der Waals surface area contributed by atoms with E-state index in [2.05, 4.69) is 25.6 Å². The maximum absolute atomic E-state index is 12.7. The first-order chi connectivity index (χ1) is 16.1. The predicted octanol–water partition coefficient (Wildman–Crippen LogP) is 7.89. The fraction of sp³-hybridized carbons (Fsp3) is 0.333. The van der Waals surface area contributed by atoms with Crippen molar-refractivity contribution in [3.8, 4) is 5.75 Å². The number of carbonyl (C=O) groups excluding carboxylic acids is 2. The van der Waals surface area contributed by atoms with Gasteiger partial charge in [-0.1, -0.05) is 63.1 Å². The van der Waals surface area contributed by atoms with Crippen LogP contribution in [0.4, 0.5) is 0 Å². The number of ketones is 1. The molecule has 3 aromatic rings. The van der Waals surface area contributed by atoms with Crippen LogP contribution in [0.2, 0.25) is 0 Å². The zero-order valence-electron chi connectivity index (χ0n) is 19.4.